The molecule has 0 radical (unpaired) electrons. The Morgan fingerprint density at radius 2 is 2.20 bits per heavy atom. The van der Waals surface area contributed by atoms with Gasteiger partial charge in [-0.05, 0) is 18.4 Å². The number of carbonyl (C=O) groups excluding carboxylic acids is 1. The predicted molar refractivity (Wildman–Crippen MR) is 71.9 cm³/mol. The number of benzene rings is 1. The van der Waals surface area contributed by atoms with Gasteiger partial charge in [-0.1, -0.05) is 19.3 Å². The van der Waals surface area contributed by atoms with Gasteiger partial charge in [0.05, 0.1) is 24.2 Å². The number of rotatable bonds is 6. The van der Waals surface area contributed by atoms with Gasteiger partial charge >= 0.3 is 11.7 Å². The quantitative estimate of drug-likeness (QED) is 0.454. The average molecular weight is 279 g/mol. The molecule has 0 amide bonds. The van der Waals surface area contributed by atoms with E-state index in [9.17, 15) is 14.9 Å². The van der Waals surface area contributed by atoms with E-state index in [-0.39, 0.29) is 17.0 Å². The largest absolute Gasteiger partial charge is 0.487 e. The van der Waals surface area contributed by atoms with E-state index in [1.807, 2.05) is 0 Å². The Morgan fingerprint density at radius 1 is 1.45 bits per heavy atom. The summed E-state index contributed by atoms with van der Waals surface area (Å²) in [4.78, 5) is 21.9. The van der Waals surface area contributed by atoms with Crippen molar-refractivity contribution < 1.29 is 19.2 Å². The smallest absolute Gasteiger partial charge is 0.337 e. The maximum Gasteiger partial charge on any atom is 0.337 e. The van der Waals surface area contributed by atoms with Gasteiger partial charge in [-0.25, -0.2) is 4.79 Å². The Labute approximate surface area is 116 Å². The molecule has 0 aromatic heterocycles. The van der Waals surface area contributed by atoms with Crippen molar-refractivity contribution in [3.63, 3.8) is 0 Å². The molecule has 2 rings (SSSR count). The second-order valence-corrected chi connectivity index (χ2v) is 4.87. The fourth-order valence-corrected chi connectivity index (χ4v) is 2.14. The van der Waals surface area contributed by atoms with Gasteiger partial charge in [-0.15, -0.1) is 0 Å². The van der Waals surface area contributed by atoms with Crippen molar-refractivity contribution in [1.82, 2.24) is 0 Å². The average Bonchev–Trinajstić information content (AvgIpc) is 2.40. The van der Waals surface area contributed by atoms with Crippen LogP contribution in [0.1, 0.15) is 36.0 Å². The molecule has 1 fully saturated rings. The van der Waals surface area contributed by atoms with Gasteiger partial charge in [0.1, 0.15) is 0 Å². The second kappa shape index (κ2) is 6.36. The highest BCUT2D eigenvalue weighted by atomic mass is 16.6. The first-order valence-electron chi connectivity index (χ1n) is 6.61. The first-order valence-corrected chi connectivity index (χ1v) is 6.61. The van der Waals surface area contributed by atoms with Crippen LogP contribution in [0.25, 0.3) is 0 Å². The van der Waals surface area contributed by atoms with E-state index in [0.29, 0.717) is 12.5 Å². The third-order valence-electron chi connectivity index (χ3n) is 3.59. The third kappa shape index (κ3) is 3.26. The van der Waals surface area contributed by atoms with Crippen LogP contribution in [0.2, 0.25) is 0 Å². The summed E-state index contributed by atoms with van der Waals surface area (Å²) in [5.41, 5.74) is 0.114. The molecule has 6 heteroatoms. The minimum atomic E-state index is -0.538. The van der Waals surface area contributed by atoms with E-state index < -0.39 is 10.9 Å². The third-order valence-corrected chi connectivity index (χ3v) is 3.59. The molecule has 0 unspecified atom stereocenters. The normalized spacial score (nSPS) is 14.4. The maximum absolute atomic E-state index is 11.4. The monoisotopic (exact) mass is 279 g/mol. The van der Waals surface area contributed by atoms with Gasteiger partial charge in [0, 0.05) is 12.1 Å². The van der Waals surface area contributed by atoms with Crippen LogP contribution in [0, 0.1) is 16.0 Å². The number of hydrogen-bond donors (Lipinski definition) is 0. The minimum absolute atomic E-state index is 0.122. The molecular formula is C14H17NO5. The molecule has 108 valence electrons. The van der Waals surface area contributed by atoms with Gasteiger partial charge in [-0.3, -0.25) is 10.1 Å². The first-order chi connectivity index (χ1) is 9.61. The summed E-state index contributed by atoms with van der Waals surface area (Å²) in [7, 11) is 1.26. The zero-order valence-electron chi connectivity index (χ0n) is 11.3. The summed E-state index contributed by atoms with van der Waals surface area (Å²) in [5, 5.41) is 10.9. The lowest BCUT2D eigenvalue weighted by Crippen LogP contribution is -2.15. The van der Waals surface area contributed by atoms with Crippen molar-refractivity contribution in [2.24, 2.45) is 5.92 Å². The summed E-state index contributed by atoms with van der Waals surface area (Å²) < 4.78 is 10.1. The van der Waals surface area contributed by atoms with Crippen LogP contribution in [0.3, 0.4) is 0 Å². The lowest BCUT2D eigenvalue weighted by Gasteiger charge is -2.24. The van der Waals surface area contributed by atoms with Gasteiger partial charge in [0.25, 0.3) is 0 Å². The fraction of sp³-hybridized carbons (Fsp3) is 0.500. The van der Waals surface area contributed by atoms with Gasteiger partial charge in [-0.2, -0.15) is 0 Å². The summed E-state index contributed by atoms with van der Waals surface area (Å²) in [6.45, 7) is 0.427. The zero-order chi connectivity index (χ0) is 14.5. The first kappa shape index (κ1) is 14.3. The van der Waals surface area contributed by atoms with Crippen molar-refractivity contribution in [1.29, 1.82) is 0 Å². The van der Waals surface area contributed by atoms with Crippen LogP contribution in [-0.4, -0.2) is 24.6 Å². The Balaban J connectivity index is 2.08. The van der Waals surface area contributed by atoms with E-state index in [4.69, 9.17) is 4.74 Å². The standard InChI is InChI=1S/C14H17NO5/c1-19-14(16)11-5-6-12(15(17)18)13(9-11)20-8-7-10-3-2-4-10/h5-6,9-10H,2-4,7-8H2,1H3. The molecule has 0 spiro atoms. The molecule has 1 aromatic rings. The van der Waals surface area contributed by atoms with E-state index in [0.717, 1.165) is 6.42 Å². The molecule has 1 aliphatic rings. The van der Waals surface area contributed by atoms with E-state index >= 15 is 0 Å². The number of carbonyl (C=O) groups is 1. The molecule has 0 aliphatic heterocycles. The topological polar surface area (TPSA) is 78.7 Å². The lowest BCUT2D eigenvalue weighted by molar-refractivity contribution is -0.385. The van der Waals surface area contributed by atoms with Crippen LogP contribution >= 0.6 is 0 Å². The molecule has 0 bridgehead atoms. The summed E-state index contributed by atoms with van der Waals surface area (Å²) in [6, 6.07) is 4.00. The van der Waals surface area contributed by atoms with E-state index in [1.165, 1.54) is 44.6 Å². The fourth-order valence-electron chi connectivity index (χ4n) is 2.14. The molecule has 0 heterocycles. The van der Waals surface area contributed by atoms with Crippen LogP contribution in [-0.2, 0) is 4.74 Å². The van der Waals surface area contributed by atoms with Crippen LogP contribution in [0.5, 0.6) is 5.75 Å². The van der Waals surface area contributed by atoms with Crippen LogP contribution in [0.15, 0.2) is 18.2 Å². The highest BCUT2D eigenvalue weighted by Crippen LogP contribution is 2.31. The van der Waals surface area contributed by atoms with E-state index in [2.05, 4.69) is 4.74 Å². The number of hydrogen-bond acceptors (Lipinski definition) is 5. The number of nitrogens with zero attached hydrogens (tertiary/aromatic N) is 1. The molecule has 1 saturated carbocycles. The molecule has 0 saturated heterocycles. The van der Waals surface area contributed by atoms with Crippen LogP contribution in [0.4, 0.5) is 5.69 Å². The Kier molecular flexibility index (Phi) is 4.55. The summed E-state index contributed by atoms with van der Waals surface area (Å²) in [6.07, 6.45) is 4.55. The number of methoxy groups -OCH3 is 1. The lowest BCUT2D eigenvalue weighted by atomic mass is 9.83. The van der Waals surface area contributed by atoms with E-state index in [1.54, 1.807) is 0 Å². The number of nitro benzene ring substituents is 1. The molecule has 0 N–H and O–H groups in total. The molecule has 20 heavy (non-hydrogen) atoms. The second-order valence-electron chi connectivity index (χ2n) is 4.87. The van der Waals surface area contributed by atoms with Crippen molar-refractivity contribution in [3.05, 3.63) is 33.9 Å². The van der Waals surface area contributed by atoms with Gasteiger partial charge < -0.3 is 9.47 Å². The van der Waals surface area contributed by atoms with Crippen LogP contribution < -0.4 is 4.74 Å². The summed E-state index contributed by atoms with van der Waals surface area (Å²) >= 11 is 0. The Hall–Kier alpha value is -2.11. The van der Waals surface area contributed by atoms with Crippen molar-refractivity contribution in [2.75, 3.05) is 13.7 Å². The predicted octanol–water partition coefficient (Wildman–Crippen LogP) is 2.95. The molecular weight excluding hydrogens is 262 g/mol. The maximum atomic E-state index is 11.4. The number of esters is 1. The molecule has 1 aromatic carbocycles. The minimum Gasteiger partial charge on any atom is -0.487 e. The van der Waals surface area contributed by atoms with Gasteiger partial charge in [0.2, 0.25) is 0 Å². The Morgan fingerprint density at radius 3 is 2.75 bits per heavy atom. The highest BCUT2D eigenvalue weighted by molar-refractivity contribution is 5.90. The SMILES string of the molecule is COC(=O)c1ccc([N+](=O)[O-])c(OCCC2CCC2)c1. The summed E-state index contributed by atoms with van der Waals surface area (Å²) in [5.74, 6) is 0.249. The highest BCUT2D eigenvalue weighted by Gasteiger charge is 2.20. The Bertz CT molecular complexity index is 510. The molecule has 0 atom stereocenters. The van der Waals surface area contributed by atoms with Gasteiger partial charge in [0.15, 0.2) is 5.75 Å². The molecule has 6 nitrogen and oxygen atoms in total. The van der Waals surface area contributed by atoms with Crippen molar-refractivity contribution >= 4 is 11.7 Å². The zero-order valence-corrected chi connectivity index (χ0v) is 11.3. The number of nitro groups is 1. The molecule has 1 aliphatic carbocycles. The number of ether oxygens (including phenoxy) is 2. The van der Waals surface area contributed by atoms with Crippen molar-refractivity contribution in [3.8, 4) is 5.75 Å². The van der Waals surface area contributed by atoms with Crippen molar-refractivity contribution in [2.45, 2.75) is 25.7 Å².